The van der Waals surface area contributed by atoms with Gasteiger partial charge in [0.1, 0.15) is 5.75 Å². The largest absolute Gasteiger partial charge is 0.496 e. The van der Waals surface area contributed by atoms with E-state index in [4.69, 9.17) is 4.74 Å². The molecule has 0 amide bonds. The van der Waals surface area contributed by atoms with E-state index in [9.17, 15) is 4.79 Å². The first kappa shape index (κ1) is 15.0. The lowest BCUT2D eigenvalue weighted by Crippen LogP contribution is -2.22. The quantitative estimate of drug-likeness (QED) is 0.756. The second-order valence-electron chi connectivity index (χ2n) is 4.02. The fourth-order valence-corrected chi connectivity index (χ4v) is 2.03. The molecule has 0 bridgehead atoms. The lowest BCUT2D eigenvalue weighted by Gasteiger charge is -2.18. The maximum Gasteiger partial charge on any atom is 0.306 e. The number of hydrogen-bond donors (Lipinski definition) is 0. The van der Waals surface area contributed by atoms with Gasteiger partial charge in [-0.3, -0.25) is 4.79 Å². The predicted molar refractivity (Wildman–Crippen MR) is 73.7 cm³/mol. The molecule has 0 aromatic heterocycles. The van der Waals surface area contributed by atoms with E-state index in [1.165, 1.54) is 7.11 Å². The lowest BCUT2D eigenvalue weighted by molar-refractivity contribution is -0.140. The highest BCUT2D eigenvalue weighted by atomic mass is 79.9. The summed E-state index contributed by atoms with van der Waals surface area (Å²) in [6.45, 7) is 1.38. The van der Waals surface area contributed by atoms with Crippen molar-refractivity contribution in [3.63, 3.8) is 0 Å². The van der Waals surface area contributed by atoms with Crippen LogP contribution in [-0.4, -0.2) is 38.7 Å². The number of ether oxygens (including phenoxy) is 2. The number of hydrogen-bond acceptors (Lipinski definition) is 4. The van der Waals surface area contributed by atoms with Crippen LogP contribution in [0.25, 0.3) is 0 Å². The molecule has 18 heavy (non-hydrogen) atoms. The summed E-state index contributed by atoms with van der Waals surface area (Å²) in [5.41, 5.74) is 1.08. The van der Waals surface area contributed by atoms with Crippen molar-refractivity contribution in [2.45, 2.75) is 13.0 Å². The van der Waals surface area contributed by atoms with Crippen LogP contribution in [0.4, 0.5) is 0 Å². The number of carbonyl (C=O) groups excluding carboxylic acids is 1. The molecule has 0 aliphatic heterocycles. The molecule has 0 fully saturated rings. The highest BCUT2D eigenvalue weighted by Crippen LogP contribution is 2.24. The number of rotatable bonds is 6. The Balaban J connectivity index is 2.60. The normalized spacial score (nSPS) is 10.5. The van der Waals surface area contributed by atoms with Crippen molar-refractivity contribution in [3.05, 3.63) is 28.2 Å². The van der Waals surface area contributed by atoms with E-state index in [1.807, 2.05) is 25.2 Å². The van der Waals surface area contributed by atoms with Crippen LogP contribution in [0.5, 0.6) is 5.75 Å². The zero-order valence-corrected chi connectivity index (χ0v) is 12.5. The summed E-state index contributed by atoms with van der Waals surface area (Å²) in [7, 11) is 5.02. The van der Waals surface area contributed by atoms with Gasteiger partial charge < -0.3 is 14.4 Å². The Morgan fingerprint density at radius 1 is 1.39 bits per heavy atom. The van der Waals surface area contributed by atoms with Crippen LogP contribution < -0.4 is 4.74 Å². The molecule has 0 aliphatic rings. The molecular formula is C13H18BrNO3. The van der Waals surface area contributed by atoms with Crippen molar-refractivity contribution in [1.82, 2.24) is 4.90 Å². The van der Waals surface area contributed by atoms with Crippen LogP contribution in [0.15, 0.2) is 22.7 Å². The average molecular weight is 316 g/mol. The standard InChI is InChI=1S/C13H18BrNO3/c1-15(7-6-13(16)18-3)9-10-8-11(14)4-5-12(10)17-2/h4-5,8H,6-7,9H2,1-3H3. The van der Waals surface area contributed by atoms with Crippen LogP contribution in [0, 0.1) is 0 Å². The first-order valence-electron chi connectivity index (χ1n) is 5.64. The Hall–Kier alpha value is -1.07. The molecular weight excluding hydrogens is 298 g/mol. The summed E-state index contributed by atoms with van der Waals surface area (Å²) in [6.07, 6.45) is 0.392. The van der Waals surface area contributed by atoms with Crippen LogP contribution >= 0.6 is 15.9 Å². The van der Waals surface area contributed by atoms with Gasteiger partial charge in [-0.15, -0.1) is 0 Å². The van der Waals surface area contributed by atoms with E-state index in [2.05, 4.69) is 25.6 Å². The molecule has 100 valence electrons. The Bertz CT molecular complexity index is 409. The smallest absolute Gasteiger partial charge is 0.306 e. The Morgan fingerprint density at radius 3 is 2.72 bits per heavy atom. The molecule has 0 aliphatic carbocycles. The van der Waals surface area contributed by atoms with Crippen LogP contribution in [0.1, 0.15) is 12.0 Å². The first-order valence-corrected chi connectivity index (χ1v) is 6.44. The molecule has 4 nitrogen and oxygen atoms in total. The Kier molecular flexibility index (Phi) is 6.15. The van der Waals surface area contributed by atoms with Gasteiger partial charge in [-0.2, -0.15) is 0 Å². The number of methoxy groups -OCH3 is 2. The monoisotopic (exact) mass is 315 g/mol. The van der Waals surface area contributed by atoms with Gasteiger partial charge >= 0.3 is 5.97 Å². The van der Waals surface area contributed by atoms with E-state index in [0.29, 0.717) is 13.0 Å². The van der Waals surface area contributed by atoms with E-state index >= 15 is 0 Å². The minimum atomic E-state index is -0.192. The third-order valence-electron chi connectivity index (χ3n) is 2.61. The maximum absolute atomic E-state index is 11.1. The van der Waals surface area contributed by atoms with Gasteiger partial charge in [0.2, 0.25) is 0 Å². The van der Waals surface area contributed by atoms with E-state index in [0.717, 1.165) is 22.3 Å². The van der Waals surface area contributed by atoms with E-state index in [-0.39, 0.29) is 5.97 Å². The molecule has 0 radical (unpaired) electrons. The summed E-state index contributed by atoms with van der Waals surface area (Å²) in [5, 5.41) is 0. The van der Waals surface area contributed by atoms with Gasteiger partial charge in [-0.25, -0.2) is 0 Å². The maximum atomic E-state index is 11.1. The number of nitrogens with zero attached hydrogens (tertiary/aromatic N) is 1. The molecule has 0 unspecified atom stereocenters. The molecule has 0 N–H and O–H groups in total. The summed E-state index contributed by atoms with van der Waals surface area (Å²) in [6, 6.07) is 5.89. The highest BCUT2D eigenvalue weighted by Gasteiger charge is 2.09. The average Bonchev–Trinajstić information content (AvgIpc) is 2.36. The summed E-state index contributed by atoms with van der Waals surface area (Å²) >= 11 is 3.44. The van der Waals surface area contributed by atoms with Crippen molar-refractivity contribution < 1.29 is 14.3 Å². The molecule has 0 spiro atoms. The van der Waals surface area contributed by atoms with Crippen molar-refractivity contribution >= 4 is 21.9 Å². The van der Waals surface area contributed by atoms with Crippen molar-refractivity contribution in [3.8, 4) is 5.75 Å². The number of benzene rings is 1. The van der Waals surface area contributed by atoms with Crippen LogP contribution in [0.2, 0.25) is 0 Å². The van der Waals surface area contributed by atoms with Crippen LogP contribution in [-0.2, 0) is 16.1 Å². The molecule has 0 atom stereocenters. The van der Waals surface area contributed by atoms with Gasteiger partial charge in [-0.05, 0) is 25.2 Å². The SMILES string of the molecule is COC(=O)CCN(C)Cc1cc(Br)ccc1OC. The number of carbonyl (C=O) groups is 1. The Labute approximate surface area is 116 Å². The zero-order valence-electron chi connectivity index (χ0n) is 10.9. The molecule has 1 aromatic rings. The molecule has 0 heterocycles. The Morgan fingerprint density at radius 2 is 2.11 bits per heavy atom. The molecule has 5 heteroatoms. The summed E-state index contributed by atoms with van der Waals surface area (Å²) in [4.78, 5) is 13.1. The third-order valence-corrected chi connectivity index (χ3v) is 3.10. The summed E-state index contributed by atoms with van der Waals surface area (Å²) < 4.78 is 10.9. The fraction of sp³-hybridized carbons (Fsp3) is 0.462. The van der Waals surface area contributed by atoms with Crippen molar-refractivity contribution in [2.24, 2.45) is 0 Å². The lowest BCUT2D eigenvalue weighted by atomic mass is 10.2. The van der Waals surface area contributed by atoms with Gasteiger partial charge in [0.05, 0.1) is 20.6 Å². The molecule has 0 saturated carbocycles. The van der Waals surface area contributed by atoms with Gasteiger partial charge in [0.15, 0.2) is 0 Å². The van der Waals surface area contributed by atoms with Crippen molar-refractivity contribution in [2.75, 3.05) is 27.8 Å². The predicted octanol–water partition coefficient (Wildman–Crippen LogP) is 2.45. The van der Waals surface area contributed by atoms with Gasteiger partial charge in [0, 0.05) is 23.1 Å². The minimum Gasteiger partial charge on any atom is -0.496 e. The third kappa shape index (κ3) is 4.66. The fourth-order valence-electron chi connectivity index (χ4n) is 1.62. The molecule has 0 saturated heterocycles. The second-order valence-corrected chi connectivity index (χ2v) is 4.94. The van der Waals surface area contributed by atoms with E-state index in [1.54, 1.807) is 7.11 Å². The molecule has 1 aromatic carbocycles. The first-order chi connectivity index (χ1) is 8.56. The van der Waals surface area contributed by atoms with E-state index < -0.39 is 0 Å². The summed E-state index contributed by atoms with van der Waals surface area (Å²) in [5.74, 6) is 0.658. The van der Waals surface area contributed by atoms with Crippen LogP contribution in [0.3, 0.4) is 0 Å². The molecule has 1 rings (SSSR count). The number of halogens is 1. The second kappa shape index (κ2) is 7.38. The zero-order chi connectivity index (χ0) is 13.5. The van der Waals surface area contributed by atoms with Crippen molar-refractivity contribution in [1.29, 1.82) is 0 Å². The topological polar surface area (TPSA) is 38.8 Å². The van der Waals surface area contributed by atoms with Gasteiger partial charge in [-0.1, -0.05) is 15.9 Å². The highest BCUT2D eigenvalue weighted by molar-refractivity contribution is 9.10. The minimum absolute atomic E-state index is 0.192. The number of esters is 1. The van der Waals surface area contributed by atoms with Gasteiger partial charge in [0.25, 0.3) is 0 Å².